The molecule has 0 heterocycles. The Bertz CT molecular complexity index is 535. The summed E-state index contributed by atoms with van der Waals surface area (Å²) in [7, 11) is 1.16. The number of esters is 1. The van der Waals surface area contributed by atoms with Gasteiger partial charge in [-0.1, -0.05) is 0 Å². The quantitative estimate of drug-likeness (QED) is 0.284. The molecule has 0 unspecified atom stereocenters. The number of phenolic OH excluding ortho intramolecular Hbond substituents is 1. The molecule has 1 aromatic carbocycles. The van der Waals surface area contributed by atoms with Crippen LogP contribution in [0.5, 0.6) is 5.75 Å². The molecular weight excluding hydrogens is 242 g/mol. The van der Waals surface area contributed by atoms with Gasteiger partial charge in [0.25, 0.3) is 5.69 Å². The van der Waals surface area contributed by atoms with Crippen LogP contribution in [0.25, 0.3) is 6.08 Å². The van der Waals surface area contributed by atoms with Crippen molar-refractivity contribution in [2.45, 2.75) is 0 Å². The number of carbonyl (C=O) groups is 2. The molecule has 0 radical (unpaired) electrons. The molecule has 0 spiro atoms. The fourth-order valence-electron chi connectivity index (χ4n) is 1.21. The summed E-state index contributed by atoms with van der Waals surface area (Å²) >= 11 is 0. The lowest BCUT2D eigenvalue weighted by molar-refractivity contribution is -0.384. The zero-order chi connectivity index (χ0) is 13.7. The van der Waals surface area contributed by atoms with E-state index in [-0.39, 0.29) is 23.1 Å². The summed E-state index contributed by atoms with van der Waals surface area (Å²) in [4.78, 5) is 31.4. The normalized spacial score (nSPS) is 10.3. The van der Waals surface area contributed by atoms with E-state index in [1.807, 2.05) is 0 Å². The van der Waals surface area contributed by atoms with Crippen LogP contribution in [0.2, 0.25) is 0 Å². The lowest BCUT2D eigenvalue weighted by atomic mass is 10.1. The average Bonchev–Trinajstić information content (AvgIpc) is 2.36. The van der Waals surface area contributed by atoms with Gasteiger partial charge in [-0.15, -0.1) is 0 Å². The third kappa shape index (κ3) is 2.91. The summed E-state index contributed by atoms with van der Waals surface area (Å²) in [6.45, 7) is 0. The molecule has 18 heavy (non-hydrogen) atoms. The van der Waals surface area contributed by atoms with Gasteiger partial charge >= 0.3 is 5.97 Å². The Morgan fingerprint density at radius 1 is 1.44 bits per heavy atom. The molecule has 94 valence electrons. The van der Waals surface area contributed by atoms with Gasteiger partial charge < -0.3 is 9.84 Å². The van der Waals surface area contributed by atoms with Crippen molar-refractivity contribution < 1.29 is 24.4 Å². The molecule has 7 heteroatoms. The van der Waals surface area contributed by atoms with Gasteiger partial charge in [0.2, 0.25) is 0 Å². The summed E-state index contributed by atoms with van der Waals surface area (Å²) in [6.07, 6.45) is 2.40. The van der Waals surface area contributed by atoms with E-state index in [2.05, 4.69) is 4.74 Å². The van der Waals surface area contributed by atoms with Gasteiger partial charge in [-0.2, -0.15) is 0 Å². The minimum atomic E-state index is -0.706. The van der Waals surface area contributed by atoms with Crippen LogP contribution in [-0.2, 0) is 9.53 Å². The molecule has 0 bridgehead atoms. The lowest BCUT2D eigenvalue weighted by Crippen LogP contribution is -1.95. The van der Waals surface area contributed by atoms with Gasteiger partial charge in [0.15, 0.2) is 6.29 Å². The Kier molecular flexibility index (Phi) is 4.14. The highest BCUT2D eigenvalue weighted by Gasteiger charge is 2.14. The maximum atomic E-state index is 10.9. The number of nitro groups is 1. The van der Waals surface area contributed by atoms with Crippen LogP contribution in [0.3, 0.4) is 0 Å². The van der Waals surface area contributed by atoms with E-state index in [0.717, 1.165) is 31.4 Å². The molecule has 0 aliphatic rings. The van der Waals surface area contributed by atoms with Crippen molar-refractivity contribution in [3.63, 3.8) is 0 Å². The van der Waals surface area contributed by atoms with Crippen molar-refractivity contribution in [3.05, 3.63) is 39.4 Å². The number of hydrogen-bond donors (Lipinski definition) is 1. The summed E-state index contributed by atoms with van der Waals surface area (Å²) in [6, 6.07) is 1.99. The van der Waals surface area contributed by atoms with E-state index >= 15 is 0 Å². The molecule has 7 nitrogen and oxygen atoms in total. The van der Waals surface area contributed by atoms with Gasteiger partial charge in [-0.05, 0) is 6.08 Å². The van der Waals surface area contributed by atoms with Crippen LogP contribution in [0.4, 0.5) is 5.69 Å². The second kappa shape index (κ2) is 5.58. The van der Waals surface area contributed by atoms with Crippen LogP contribution in [0, 0.1) is 10.1 Å². The number of carbonyl (C=O) groups excluding carboxylic acids is 2. The molecule has 0 fully saturated rings. The van der Waals surface area contributed by atoms with Crippen LogP contribution < -0.4 is 0 Å². The number of rotatable bonds is 4. The number of non-ortho nitro benzene ring substituents is 1. The van der Waals surface area contributed by atoms with Crippen molar-refractivity contribution >= 4 is 24.0 Å². The van der Waals surface area contributed by atoms with Crippen LogP contribution in [0.15, 0.2) is 18.2 Å². The summed E-state index contributed by atoms with van der Waals surface area (Å²) in [5.41, 5.74) is -0.607. The fraction of sp³-hybridized carbons (Fsp3) is 0.0909. The molecule has 1 aromatic rings. The van der Waals surface area contributed by atoms with E-state index in [9.17, 15) is 24.8 Å². The summed E-state index contributed by atoms with van der Waals surface area (Å²) in [5, 5.41) is 20.2. The fourth-order valence-corrected chi connectivity index (χ4v) is 1.21. The molecule has 0 saturated heterocycles. The Hall–Kier alpha value is -2.70. The first kappa shape index (κ1) is 13.4. The number of benzene rings is 1. The second-order valence-electron chi connectivity index (χ2n) is 3.20. The highest BCUT2D eigenvalue weighted by atomic mass is 16.6. The van der Waals surface area contributed by atoms with E-state index in [0.29, 0.717) is 0 Å². The summed E-state index contributed by atoms with van der Waals surface area (Å²) in [5.74, 6) is -1.12. The van der Waals surface area contributed by atoms with Crippen LogP contribution in [-0.4, -0.2) is 29.4 Å². The Balaban J connectivity index is 3.29. The average molecular weight is 251 g/mol. The number of aromatic hydroxyl groups is 1. The van der Waals surface area contributed by atoms with Gasteiger partial charge in [0.1, 0.15) is 5.75 Å². The van der Waals surface area contributed by atoms with Gasteiger partial charge in [-0.3, -0.25) is 14.9 Å². The number of phenols is 1. The molecule has 0 aromatic heterocycles. The first-order chi connectivity index (χ1) is 8.49. The van der Waals surface area contributed by atoms with E-state index < -0.39 is 16.6 Å². The Morgan fingerprint density at radius 2 is 2.06 bits per heavy atom. The molecule has 0 atom stereocenters. The third-order valence-corrected chi connectivity index (χ3v) is 2.09. The summed E-state index contributed by atoms with van der Waals surface area (Å²) < 4.78 is 4.34. The number of nitrogens with zero attached hydrogens (tertiary/aromatic N) is 1. The second-order valence-corrected chi connectivity index (χ2v) is 3.20. The first-order valence-electron chi connectivity index (χ1n) is 4.72. The largest absolute Gasteiger partial charge is 0.507 e. The minimum absolute atomic E-state index is 0.0169. The first-order valence-corrected chi connectivity index (χ1v) is 4.72. The zero-order valence-corrected chi connectivity index (χ0v) is 9.32. The maximum Gasteiger partial charge on any atom is 0.330 e. The van der Waals surface area contributed by atoms with Crippen LogP contribution >= 0.6 is 0 Å². The van der Waals surface area contributed by atoms with Crippen molar-refractivity contribution in [2.24, 2.45) is 0 Å². The van der Waals surface area contributed by atoms with Gasteiger partial charge in [0.05, 0.1) is 17.6 Å². The topological polar surface area (TPSA) is 107 Å². The number of aldehydes is 1. The monoisotopic (exact) mass is 251 g/mol. The smallest absolute Gasteiger partial charge is 0.330 e. The van der Waals surface area contributed by atoms with E-state index in [1.54, 1.807) is 0 Å². The molecule has 0 aliphatic heterocycles. The predicted octanol–water partition coefficient (Wildman–Crippen LogP) is 1.30. The Morgan fingerprint density at radius 3 is 2.56 bits per heavy atom. The molecule has 1 rings (SSSR count). The van der Waals surface area contributed by atoms with Crippen molar-refractivity contribution in [1.29, 1.82) is 0 Å². The van der Waals surface area contributed by atoms with Gasteiger partial charge in [0, 0.05) is 23.8 Å². The Labute approximate surface area is 101 Å². The van der Waals surface area contributed by atoms with Crippen LogP contribution in [0.1, 0.15) is 15.9 Å². The maximum absolute atomic E-state index is 10.9. The number of hydrogen-bond acceptors (Lipinski definition) is 6. The van der Waals surface area contributed by atoms with Gasteiger partial charge in [-0.25, -0.2) is 4.79 Å². The molecule has 0 saturated carbocycles. The minimum Gasteiger partial charge on any atom is -0.507 e. The predicted molar refractivity (Wildman–Crippen MR) is 61.2 cm³/mol. The standard InChI is InChI=1S/C11H9NO6/c1-18-10(14)3-2-7-4-9(12(16)17)5-8(6-13)11(7)15/h2-6,15H,1H3. The van der Waals surface area contributed by atoms with E-state index in [4.69, 9.17) is 0 Å². The SMILES string of the molecule is COC(=O)C=Cc1cc([N+](=O)[O-])cc(C=O)c1O. The highest BCUT2D eigenvalue weighted by molar-refractivity contribution is 5.90. The number of ether oxygens (including phenoxy) is 1. The zero-order valence-electron chi connectivity index (χ0n) is 9.32. The third-order valence-electron chi connectivity index (χ3n) is 2.09. The molecule has 0 amide bonds. The number of nitro benzene ring substituents is 1. The molecule has 1 N–H and O–H groups in total. The highest BCUT2D eigenvalue weighted by Crippen LogP contribution is 2.28. The van der Waals surface area contributed by atoms with E-state index in [1.165, 1.54) is 0 Å². The van der Waals surface area contributed by atoms with Crippen molar-refractivity contribution in [1.82, 2.24) is 0 Å². The van der Waals surface area contributed by atoms with Crippen molar-refractivity contribution in [2.75, 3.05) is 7.11 Å². The molecular formula is C11H9NO6. The van der Waals surface area contributed by atoms with Crippen molar-refractivity contribution in [3.8, 4) is 5.75 Å². The lowest BCUT2D eigenvalue weighted by Gasteiger charge is -2.02. The number of methoxy groups -OCH3 is 1. The molecule has 0 aliphatic carbocycles.